The summed E-state index contributed by atoms with van der Waals surface area (Å²) in [7, 11) is 0. The zero-order valence-corrected chi connectivity index (χ0v) is 19.9. The number of rotatable bonds is 3. The fourth-order valence-electron chi connectivity index (χ4n) is 6.25. The van der Waals surface area contributed by atoms with Crippen LogP contribution in [0.2, 0.25) is 0 Å². The van der Waals surface area contributed by atoms with E-state index in [9.17, 15) is 13.6 Å². The van der Waals surface area contributed by atoms with E-state index in [0.29, 0.717) is 16.8 Å². The Morgan fingerprint density at radius 1 is 1.24 bits per heavy atom. The molecule has 1 amide bonds. The number of pyridine rings is 2. The lowest BCUT2D eigenvalue weighted by atomic mass is 9.88. The predicted octanol–water partition coefficient (Wildman–Crippen LogP) is 4.78. The molecule has 4 aromatic rings. The first-order valence-electron chi connectivity index (χ1n) is 13.7. The summed E-state index contributed by atoms with van der Waals surface area (Å²) in [5.41, 5.74) is 11.8. The van der Waals surface area contributed by atoms with Gasteiger partial charge in [0.05, 0.1) is 28.5 Å². The monoisotopic (exact) mass is 504 g/mol. The first kappa shape index (κ1) is 19.3. The lowest BCUT2D eigenvalue weighted by Gasteiger charge is -2.23. The average Bonchev–Trinajstić information content (AvgIpc) is 3.49. The van der Waals surface area contributed by atoms with Crippen LogP contribution in [0.4, 0.5) is 8.78 Å². The normalized spacial score (nSPS) is 25.4. The first-order valence-corrected chi connectivity index (χ1v) is 12.2. The van der Waals surface area contributed by atoms with Gasteiger partial charge in [-0.1, -0.05) is 6.07 Å². The molecule has 2 N–H and O–H groups in total. The molecule has 7 nitrogen and oxygen atoms in total. The van der Waals surface area contributed by atoms with Crippen LogP contribution in [0, 0.1) is 0 Å². The molecule has 0 saturated heterocycles. The molecule has 188 valence electrons. The quantitative estimate of drug-likeness (QED) is 0.434. The van der Waals surface area contributed by atoms with Gasteiger partial charge in [-0.25, -0.2) is 4.52 Å². The second-order valence-electron chi connectivity index (χ2n) is 10.3. The SMILES string of the molecule is [2H]C([2H])([2H])N1C(=O)c2cccc(OC(F)F)c2[C@H]2C[C@@H]1c1nn3ccc(-c4cnc5c(c4)CC[C@]5(C)N)cc3c12. The molecule has 0 fully saturated rings. The van der Waals surface area contributed by atoms with Crippen molar-refractivity contribution < 1.29 is 22.4 Å². The summed E-state index contributed by atoms with van der Waals surface area (Å²) < 4.78 is 57.8. The van der Waals surface area contributed by atoms with Crippen molar-refractivity contribution in [1.29, 1.82) is 0 Å². The minimum absolute atomic E-state index is 0.0376. The van der Waals surface area contributed by atoms with E-state index in [0.717, 1.165) is 40.1 Å². The number of nitrogens with zero attached hydrogens (tertiary/aromatic N) is 4. The van der Waals surface area contributed by atoms with Crippen molar-refractivity contribution in [3.63, 3.8) is 0 Å². The molecule has 2 bridgehead atoms. The summed E-state index contributed by atoms with van der Waals surface area (Å²) in [5, 5.41) is 4.70. The topological polar surface area (TPSA) is 85.8 Å². The molecule has 3 atom stereocenters. The summed E-state index contributed by atoms with van der Waals surface area (Å²) in [5.74, 6) is -1.49. The van der Waals surface area contributed by atoms with Gasteiger partial charge in [0.2, 0.25) is 0 Å². The highest BCUT2D eigenvalue weighted by Crippen LogP contribution is 2.53. The number of nitrogens with two attached hydrogens (primary N) is 1. The van der Waals surface area contributed by atoms with Crippen LogP contribution < -0.4 is 10.5 Å². The van der Waals surface area contributed by atoms with Crippen LogP contribution in [0.1, 0.15) is 74.3 Å². The minimum Gasteiger partial charge on any atom is -0.434 e. The standard InChI is InChI=1S/C28H25F2N5O2/c1-28(31)8-6-15-10-16(13-32-25(15)28)14-7-9-35-19(11-14)23-18-12-20(24(23)33-35)34(2)26(36)17-4-3-5-21(22(17)18)37-27(29)30/h3-5,7,9-11,13,18,20,27H,6,8,12,31H2,1-2H3/t18-,20-,28+/m1/s1/i2D3. The summed E-state index contributed by atoms with van der Waals surface area (Å²) in [6, 6.07) is 9.34. The Hall–Kier alpha value is -3.85. The number of aromatic nitrogens is 3. The molecule has 0 radical (unpaired) electrons. The minimum atomic E-state index is -3.11. The van der Waals surface area contributed by atoms with E-state index in [1.54, 1.807) is 16.9 Å². The molecule has 3 aromatic heterocycles. The number of amides is 1. The van der Waals surface area contributed by atoms with Crippen molar-refractivity contribution in [3.05, 3.63) is 82.4 Å². The highest BCUT2D eigenvalue weighted by molar-refractivity contribution is 5.98. The zero-order valence-electron chi connectivity index (χ0n) is 22.9. The molecule has 3 aliphatic rings. The van der Waals surface area contributed by atoms with Gasteiger partial charge in [-0.15, -0.1) is 0 Å². The molecule has 2 aliphatic carbocycles. The van der Waals surface area contributed by atoms with Crippen LogP contribution >= 0.6 is 0 Å². The summed E-state index contributed by atoms with van der Waals surface area (Å²) in [4.78, 5) is 19.1. The predicted molar refractivity (Wildman–Crippen MR) is 133 cm³/mol. The fourth-order valence-corrected chi connectivity index (χ4v) is 6.25. The van der Waals surface area contributed by atoms with Crippen molar-refractivity contribution >= 4 is 11.4 Å². The number of carbonyl (C=O) groups is 1. The van der Waals surface area contributed by atoms with Gasteiger partial charge in [0.25, 0.3) is 5.91 Å². The van der Waals surface area contributed by atoms with E-state index in [1.165, 1.54) is 18.2 Å². The molecule has 4 heterocycles. The van der Waals surface area contributed by atoms with E-state index >= 15 is 0 Å². The summed E-state index contributed by atoms with van der Waals surface area (Å²) in [6.07, 6.45) is 5.41. The average molecular weight is 505 g/mol. The smallest absolute Gasteiger partial charge is 0.387 e. The fraction of sp³-hybridized carbons (Fsp3) is 0.321. The summed E-state index contributed by atoms with van der Waals surface area (Å²) >= 11 is 0. The van der Waals surface area contributed by atoms with Gasteiger partial charge in [0.15, 0.2) is 0 Å². The highest BCUT2D eigenvalue weighted by Gasteiger charge is 2.46. The number of ether oxygens (including phenoxy) is 1. The number of alkyl halides is 2. The second-order valence-corrected chi connectivity index (χ2v) is 10.3. The lowest BCUT2D eigenvalue weighted by Crippen LogP contribution is -2.30. The number of hydrogen-bond acceptors (Lipinski definition) is 5. The molecule has 1 aliphatic heterocycles. The van der Waals surface area contributed by atoms with E-state index < -0.39 is 37.0 Å². The number of aryl methyl sites for hydroxylation is 1. The Morgan fingerprint density at radius 2 is 2.11 bits per heavy atom. The van der Waals surface area contributed by atoms with Gasteiger partial charge in [-0.3, -0.25) is 9.78 Å². The third-order valence-corrected chi connectivity index (χ3v) is 7.97. The molecular weight excluding hydrogens is 476 g/mol. The number of benzene rings is 1. The van der Waals surface area contributed by atoms with E-state index in [-0.39, 0.29) is 23.3 Å². The Labute approximate surface area is 216 Å². The van der Waals surface area contributed by atoms with E-state index in [1.807, 2.05) is 19.1 Å². The number of halogens is 2. The van der Waals surface area contributed by atoms with Gasteiger partial charge >= 0.3 is 6.61 Å². The molecular formula is C28H25F2N5O2. The first-order chi connectivity index (χ1) is 18.9. The molecule has 37 heavy (non-hydrogen) atoms. The van der Waals surface area contributed by atoms with Crippen molar-refractivity contribution in [1.82, 2.24) is 19.5 Å². The Bertz CT molecular complexity index is 1720. The van der Waals surface area contributed by atoms with Gasteiger partial charge in [-0.05, 0) is 67.6 Å². The van der Waals surface area contributed by atoms with Gasteiger partial charge < -0.3 is 15.4 Å². The van der Waals surface area contributed by atoms with Crippen molar-refractivity contribution in [3.8, 4) is 16.9 Å². The third-order valence-electron chi connectivity index (χ3n) is 7.97. The molecule has 7 rings (SSSR count). The molecule has 0 saturated carbocycles. The number of carbonyl (C=O) groups excluding carboxylic acids is 1. The summed E-state index contributed by atoms with van der Waals surface area (Å²) in [6.45, 7) is -3.91. The van der Waals surface area contributed by atoms with Crippen LogP contribution in [-0.2, 0) is 12.0 Å². The van der Waals surface area contributed by atoms with Crippen LogP contribution in [-0.4, -0.2) is 39.0 Å². The lowest BCUT2D eigenvalue weighted by molar-refractivity contribution is -0.0505. The van der Waals surface area contributed by atoms with Crippen molar-refractivity contribution in [2.24, 2.45) is 5.73 Å². The maximum Gasteiger partial charge on any atom is 0.387 e. The van der Waals surface area contributed by atoms with Crippen LogP contribution in [0.15, 0.2) is 48.8 Å². The molecule has 0 unspecified atom stereocenters. The zero-order chi connectivity index (χ0) is 28.1. The highest BCUT2D eigenvalue weighted by atomic mass is 19.3. The second kappa shape index (κ2) is 7.58. The maximum absolute atomic E-state index is 13.6. The van der Waals surface area contributed by atoms with Crippen LogP contribution in [0.3, 0.4) is 0 Å². The van der Waals surface area contributed by atoms with Gasteiger partial charge in [-0.2, -0.15) is 13.9 Å². The molecule has 1 aromatic carbocycles. The van der Waals surface area contributed by atoms with E-state index in [2.05, 4.69) is 11.1 Å². The Kier molecular flexibility index (Phi) is 3.95. The molecule has 9 heteroatoms. The van der Waals surface area contributed by atoms with Crippen LogP contribution in [0.5, 0.6) is 5.75 Å². The molecule has 0 spiro atoms. The van der Waals surface area contributed by atoms with Crippen molar-refractivity contribution in [2.45, 2.75) is 50.3 Å². The van der Waals surface area contributed by atoms with Gasteiger partial charge in [0, 0.05) is 51.7 Å². The Morgan fingerprint density at radius 3 is 2.92 bits per heavy atom. The maximum atomic E-state index is 13.6. The van der Waals surface area contributed by atoms with Crippen LogP contribution in [0.25, 0.3) is 16.6 Å². The number of hydrogen-bond donors (Lipinski definition) is 1. The van der Waals surface area contributed by atoms with Gasteiger partial charge in [0.1, 0.15) is 5.75 Å². The third kappa shape index (κ3) is 3.16. The van der Waals surface area contributed by atoms with E-state index in [4.69, 9.17) is 19.7 Å². The van der Waals surface area contributed by atoms with Crippen molar-refractivity contribution in [2.75, 3.05) is 6.98 Å². The largest absolute Gasteiger partial charge is 0.434 e. The Balaban J connectivity index is 1.43. The number of fused-ring (bicyclic) bond motifs is 10.